The summed E-state index contributed by atoms with van der Waals surface area (Å²) in [6.45, 7) is 7.19. The molecule has 2 aliphatic rings. The Kier molecular flexibility index (Phi) is 7.47. The molecule has 2 saturated heterocycles. The van der Waals surface area contributed by atoms with E-state index in [4.69, 9.17) is 4.74 Å². The maximum absolute atomic E-state index is 12.1. The van der Waals surface area contributed by atoms with Crippen molar-refractivity contribution in [3.63, 3.8) is 0 Å². The highest BCUT2D eigenvalue weighted by molar-refractivity contribution is 5.78. The van der Waals surface area contributed by atoms with E-state index in [1.165, 1.54) is 32.5 Å². The predicted molar refractivity (Wildman–Crippen MR) is 84.3 cm³/mol. The van der Waals surface area contributed by atoms with E-state index in [2.05, 4.69) is 15.5 Å². The number of ether oxygens (including phenoxy) is 1. The second-order valence-corrected chi connectivity index (χ2v) is 6.41. The lowest BCUT2D eigenvalue weighted by atomic mass is 9.93. The van der Waals surface area contributed by atoms with Crippen molar-refractivity contribution >= 4 is 5.91 Å². The van der Waals surface area contributed by atoms with E-state index in [1.54, 1.807) is 7.11 Å². The van der Waals surface area contributed by atoms with Crippen molar-refractivity contribution < 1.29 is 9.53 Å². The zero-order valence-electron chi connectivity index (χ0n) is 13.4. The van der Waals surface area contributed by atoms with Gasteiger partial charge < -0.3 is 20.3 Å². The number of piperidine rings is 2. The molecule has 0 bridgehead atoms. The van der Waals surface area contributed by atoms with Crippen LogP contribution in [0.15, 0.2) is 0 Å². The molecule has 21 heavy (non-hydrogen) atoms. The molecule has 5 nitrogen and oxygen atoms in total. The monoisotopic (exact) mass is 297 g/mol. The Morgan fingerprint density at radius 3 is 2.62 bits per heavy atom. The number of nitrogens with one attached hydrogen (secondary N) is 2. The molecule has 2 rings (SSSR count). The third-order valence-corrected chi connectivity index (χ3v) is 4.76. The molecular formula is C16H31N3O2. The van der Waals surface area contributed by atoms with E-state index >= 15 is 0 Å². The average molecular weight is 297 g/mol. The van der Waals surface area contributed by atoms with Crippen molar-refractivity contribution in [3.05, 3.63) is 0 Å². The van der Waals surface area contributed by atoms with Gasteiger partial charge in [0, 0.05) is 32.7 Å². The van der Waals surface area contributed by atoms with Gasteiger partial charge in [-0.05, 0) is 64.2 Å². The molecule has 2 fully saturated rings. The van der Waals surface area contributed by atoms with Crippen molar-refractivity contribution in [1.82, 2.24) is 15.5 Å². The fourth-order valence-corrected chi connectivity index (χ4v) is 3.38. The van der Waals surface area contributed by atoms with Gasteiger partial charge in [-0.15, -0.1) is 0 Å². The first kappa shape index (κ1) is 16.7. The van der Waals surface area contributed by atoms with E-state index < -0.39 is 0 Å². The molecule has 2 heterocycles. The summed E-state index contributed by atoms with van der Waals surface area (Å²) in [4.78, 5) is 14.6. The zero-order valence-corrected chi connectivity index (χ0v) is 13.4. The molecule has 0 radical (unpaired) electrons. The minimum absolute atomic E-state index is 0.219. The SMILES string of the molecule is COCCCNC(=O)C1CCN(CC2CCNCC2)CC1. The van der Waals surface area contributed by atoms with Crippen LogP contribution in [0.3, 0.4) is 0 Å². The van der Waals surface area contributed by atoms with Gasteiger partial charge >= 0.3 is 0 Å². The predicted octanol–water partition coefficient (Wildman–Crippen LogP) is 0.851. The molecule has 122 valence electrons. The first-order chi connectivity index (χ1) is 10.3. The van der Waals surface area contributed by atoms with Gasteiger partial charge in [-0.2, -0.15) is 0 Å². The van der Waals surface area contributed by atoms with Crippen LogP contribution in [0, 0.1) is 11.8 Å². The number of rotatable bonds is 7. The average Bonchev–Trinajstić information content (AvgIpc) is 2.53. The number of carbonyl (C=O) groups is 1. The van der Waals surface area contributed by atoms with Crippen molar-refractivity contribution in [2.24, 2.45) is 11.8 Å². The number of hydrogen-bond acceptors (Lipinski definition) is 4. The Morgan fingerprint density at radius 1 is 1.24 bits per heavy atom. The molecule has 0 saturated carbocycles. The van der Waals surface area contributed by atoms with Gasteiger partial charge in [0.15, 0.2) is 0 Å². The van der Waals surface area contributed by atoms with Gasteiger partial charge in [0.25, 0.3) is 0 Å². The summed E-state index contributed by atoms with van der Waals surface area (Å²) in [7, 11) is 1.69. The summed E-state index contributed by atoms with van der Waals surface area (Å²) in [5.74, 6) is 1.31. The summed E-state index contributed by atoms with van der Waals surface area (Å²) in [6.07, 6.45) is 5.54. The van der Waals surface area contributed by atoms with Gasteiger partial charge in [-0.25, -0.2) is 0 Å². The number of amides is 1. The second-order valence-electron chi connectivity index (χ2n) is 6.41. The second kappa shape index (κ2) is 9.38. The highest BCUT2D eigenvalue weighted by Crippen LogP contribution is 2.20. The molecule has 5 heteroatoms. The van der Waals surface area contributed by atoms with Crippen LogP contribution >= 0.6 is 0 Å². The van der Waals surface area contributed by atoms with Crippen LogP contribution < -0.4 is 10.6 Å². The van der Waals surface area contributed by atoms with E-state index in [0.717, 1.165) is 51.4 Å². The smallest absolute Gasteiger partial charge is 0.223 e. The van der Waals surface area contributed by atoms with Gasteiger partial charge in [-0.3, -0.25) is 4.79 Å². The summed E-state index contributed by atoms with van der Waals surface area (Å²) < 4.78 is 4.99. The number of methoxy groups -OCH3 is 1. The van der Waals surface area contributed by atoms with Crippen LogP contribution in [0.2, 0.25) is 0 Å². The maximum Gasteiger partial charge on any atom is 0.223 e. The van der Waals surface area contributed by atoms with Gasteiger partial charge in [0.05, 0.1) is 0 Å². The molecule has 2 N–H and O–H groups in total. The van der Waals surface area contributed by atoms with E-state index in [9.17, 15) is 4.79 Å². The Bertz CT molecular complexity index is 298. The lowest BCUT2D eigenvalue weighted by Gasteiger charge is -2.35. The van der Waals surface area contributed by atoms with Crippen molar-refractivity contribution in [2.45, 2.75) is 32.1 Å². The fraction of sp³-hybridized carbons (Fsp3) is 0.938. The summed E-state index contributed by atoms with van der Waals surface area (Å²) in [6, 6.07) is 0. The quantitative estimate of drug-likeness (QED) is 0.684. The highest BCUT2D eigenvalue weighted by atomic mass is 16.5. The number of hydrogen-bond donors (Lipinski definition) is 2. The standard InChI is InChI=1S/C16H31N3O2/c1-21-12-2-7-18-16(20)15-5-10-19(11-6-15)13-14-3-8-17-9-4-14/h14-15,17H,2-13H2,1H3,(H,18,20). The van der Waals surface area contributed by atoms with Crippen LogP contribution in [0.25, 0.3) is 0 Å². The molecular weight excluding hydrogens is 266 g/mol. The largest absolute Gasteiger partial charge is 0.385 e. The molecule has 2 aliphatic heterocycles. The van der Waals surface area contributed by atoms with Crippen LogP contribution in [0.1, 0.15) is 32.1 Å². The van der Waals surface area contributed by atoms with Crippen molar-refractivity contribution in [3.8, 4) is 0 Å². The molecule has 0 aromatic rings. The summed E-state index contributed by atoms with van der Waals surface area (Å²) in [5, 5.41) is 6.46. The minimum Gasteiger partial charge on any atom is -0.385 e. The number of nitrogens with zero attached hydrogens (tertiary/aromatic N) is 1. The molecule has 0 spiro atoms. The first-order valence-electron chi connectivity index (χ1n) is 8.49. The lowest BCUT2D eigenvalue weighted by molar-refractivity contribution is -0.126. The third kappa shape index (κ3) is 5.93. The van der Waals surface area contributed by atoms with E-state index in [0.29, 0.717) is 0 Å². The molecule has 0 aliphatic carbocycles. The van der Waals surface area contributed by atoms with E-state index in [1.807, 2.05) is 0 Å². The first-order valence-corrected chi connectivity index (χ1v) is 8.49. The highest BCUT2D eigenvalue weighted by Gasteiger charge is 2.26. The lowest BCUT2D eigenvalue weighted by Crippen LogP contribution is -2.43. The molecule has 0 aromatic carbocycles. The molecule has 0 aromatic heterocycles. The Labute approximate surface area is 128 Å². The number of likely N-dealkylation sites (tertiary alicyclic amines) is 1. The zero-order chi connectivity index (χ0) is 14.9. The minimum atomic E-state index is 0.219. The number of carbonyl (C=O) groups excluding carboxylic acids is 1. The fourth-order valence-electron chi connectivity index (χ4n) is 3.38. The van der Waals surface area contributed by atoms with Crippen LogP contribution in [-0.4, -0.2) is 63.8 Å². The Morgan fingerprint density at radius 2 is 1.95 bits per heavy atom. The van der Waals surface area contributed by atoms with Crippen LogP contribution in [-0.2, 0) is 9.53 Å². The van der Waals surface area contributed by atoms with E-state index in [-0.39, 0.29) is 11.8 Å². The Hall–Kier alpha value is -0.650. The summed E-state index contributed by atoms with van der Waals surface area (Å²) >= 11 is 0. The van der Waals surface area contributed by atoms with Crippen molar-refractivity contribution in [1.29, 1.82) is 0 Å². The summed E-state index contributed by atoms with van der Waals surface area (Å²) in [5.41, 5.74) is 0. The third-order valence-electron chi connectivity index (χ3n) is 4.76. The molecule has 0 unspecified atom stereocenters. The maximum atomic E-state index is 12.1. The van der Waals surface area contributed by atoms with Gasteiger partial charge in [0.2, 0.25) is 5.91 Å². The normalized spacial score (nSPS) is 22.3. The molecule has 0 atom stereocenters. The Balaban J connectivity index is 1.59. The molecule has 1 amide bonds. The van der Waals surface area contributed by atoms with Crippen LogP contribution in [0.5, 0.6) is 0 Å². The van der Waals surface area contributed by atoms with Crippen LogP contribution in [0.4, 0.5) is 0 Å². The van der Waals surface area contributed by atoms with Crippen molar-refractivity contribution in [2.75, 3.05) is 53.0 Å². The van der Waals surface area contributed by atoms with Gasteiger partial charge in [0.1, 0.15) is 0 Å². The topological polar surface area (TPSA) is 53.6 Å². The van der Waals surface area contributed by atoms with Gasteiger partial charge in [-0.1, -0.05) is 0 Å².